The van der Waals surface area contributed by atoms with Crippen molar-refractivity contribution in [3.05, 3.63) is 0 Å². The van der Waals surface area contributed by atoms with E-state index in [9.17, 15) is 9.90 Å². The minimum absolute atomic E-state index is 0.202. The number of carbonyl (C=O) groups is 1. The fraction of sp³-hybridized carbons (Fsp3) is 0.955. The van der Waals surface area contributed by atoms with Crippen molar-refractivity contribution in [1.82, 2.24) is 4.90 Å². The van der Waals surface area contributed by atoms with Crippen molar-refractivity contribution in [3.8, 4) is 0 Å². The van der Waals surface area contributed by atoms with Crippen molar-refractivity contribution in [2.75, 3.05) is 14.1 Å². The monoisotopic (exact) mass is 363 g/mol. The zero-order chi connectivity index (χ0) is 19.0. The molecule has 0 saturated heterocycles. The van der Waals surface area contributed by atoms with Gasteiger partial charge in [0, 0.05) is 20.0 Å². The van der Waals surface area contributed by atoms with E-state index in [0.717, 1.165) is 25.7 Å². The summed E-state index contributed by atoms with van der Waals surface area (Å²) < 4.78 is 6.14. The van der Waals surface area contributed by atoms with Crippen molar-refractivity contribution in [1.29, 1.82) is 0 Å². The Morgan fingerprint density at radius 1 is 1.00 bits per heavy atom. The second-order valence-corrected chi connectivity index (χ2v) is 10.8. The van der Waals surface area contributed by atoms with Crippen LogP contribution >= 0.6 is 0 Å². The third kappa shape index (κ3) is 2.33. The lowest BCUT2D eigenvalue weighted by Gasteiger charge is -2.66. The number of fused-ring (bicyclic) bond motifs is 2. The number of rotatable bonds is 1. The van der Waals surface area contributed by atoms with Crippen molar-refractivity contribution in [2.45, 2.75) is 89.8 Å². The minimum atomic E-state index is -0.483. The molecule has 0 unspecified atom stereocenters. The first-order valence-corrected chi connectivity index (χ1v) is 10.7. The predicted octanol–water partition coefficient (Wildman–Crippen LogP) is 4.60. The zero-order valence-corrected chi connectivity index (χ0v) is 17.3. The van der Waals surface area contributed by atoms with E-state index < -0.39 is 5.60 Å². The van der Waals surface area contributed by atoms with E-state index in [2.05, 4.69) is 20.8 Å². The van der Waals surface area contributed by atoms with E-state index in [-0.39, 0.29) is 17.1 Å². The van der Waals surface area contributed by atoms with Crippen molar-refractivity contribution >= 4 is 6.09 Å². The largest absolute Gasteiger partial charge is 0.443 e. The van der Waals surface area contributed by atoms with E-state index in [0.29, 0.717) is 23.2 Å². The van der Waals surface area contributed by atoms with E-state index in [1.807, 2.05) is 0 Å². The molecule has 4 saturated carbocycles. The van der Waals surface area contributed by atoms with Gasteiger partial charge in [0.1, 0.15) is 5.60 Å². The van der Waals surface area contributed by atoms with Crippen molar-refractivity contribution in [2.24, 2.45) is 28.6 Å². The van der Waals surface area contributed by atoms with Crippen LogP contribution in [0.5, 0.6) is 0 Å². The topological polar surface area (TPSA) is 49.8 Å². The molecule has 148 valence electrons. The Bertz CT molecular complexity index is 602. The Kier molecular flexibility index (Phi) is 4.02. The predicted molar refractivity (Wildman–Crippen MR) is 102 cm³/mol. The van der Waals surface area contributed by atoms with Gasteiger partial charge in [-0.1, -0.05) is 6.92 Å². The number of hydrogen-bond acceptors (Lipinski definition) is 3. The van der Waals surface area contributed by atoms with E-state index in [1.54, 1.807) is 19.0 Å². The SMILES string of the molecule is CN(C)C(=O)O[C@]1(C)CCC[C@@]2(C)[C@H]1CC[C@H]1C[C@@](C)(O)[C@@H]3CC[C@@]12C3. The molecule has 7 atom stereocenters. The lowest BCUT2D eigenvalue weighted by molar-refractivity contribution is -0.216. The highest BCUT2D eigenvalue weighted by molar-refractivity contribution is 5.67. The quantitative estimate of drug-likeness (QED) is 0.740. The second kappa shape index (κ2) is 5.62. The number of hydrogen-bond donors (Lipinski definition) is 1. The summed E-state index contributed by atoms with van der Waals surface area (Å²) in [6.07, 6.45) is 10.0. The molecule has 1 spiro atoms. The van der Waals surface area contributed by atoms with Crippen molar-refractivity contribution in [3.63, 3.8) is 0 Å². The van der Waals surface area contributed by atoms with Crippen LogP contribution in [-0.4, -0.2) is 41.4 Å². The highest BCUT2D eigenvalue weighted by Gasteiger charge is 2.69. The van der Waals surface area contributed by atoms with Gasteiger partial charge < -0.3 is 14.7 Å². The summed E-state index contributed by atoms with van der Waals surface area (Å²) in [7, 11) is 3.54. The summed E-state index contributed by atoms with van der Waals surface area (Å²) in [5.74, 6) is 1.52. The number of carbonyl (C=O) groups excluding carboxylic acids is 1. The summed E-state index contributed by atoms with van der Waals surface area (Å²) in [4.78, 5) is 14.0. The molecular weight excluding hydrogens is 326 g/mol. The number of amides is 1. The van der Waals surface area contributed by atoms with Crippen LogP contribution in [-0.2, 0) is 4.74 Å². The molecule has 4 aliphatic carbocycles. The van der Waals surface area contributed by atoms with Crippen LogP contribution < -0.4 is 0 Å². The Labute approximate surface area is 158 Å². The lowest BCUT2D eigenvalue weighted by Crippen LogP contribution is -2.63. The molecule has 4 aliphatic rings. The number of aliphatic hydroxyl groups is 1. The molecule has 26 heavy (non-hydrogen) atoms. The van der Waals surface area contributed by atoms with Gasteiger partial charge in [0.2, 0.25) is 0 Å². The molecule has 0 aliphatic heterocycles. The molecule has 2 bridgehead atoms. The Morgan fingerprint density at radius 3 is 2.42 bits per heavy atom. The molecule has 4 fully saturated rings. The molecule has 4 heteroatoms. The third-order valence-electron chi connectivity index (χ3n) is 9.37. The number of ether oxygens (including phenoxy) is 1. The molecule has 0 radical (unpaired) electrons. The molecule has 4 nitrogen and oxygen atoms in total. The average Bonchev–Trinajstić information content (AvgIpc) is 2.95. The summed E-state index contributed by atoms with van der Waals surface area (Å²) in [6.45, 7) is 6.77. The van der Waals surface area contributed by atoms with Gasteiger partial charge in [0.05, 0.1) is 5.60 Å². The maximum atomic E-state index is 12.4. The zero-order valence-electron chi connectivity index (χ0n) is 17.3. The smallest absolute Gasteiger partial charge is 0.409 e. The highest BCUT2D eigenvalue weighted by Crippen LogP contribution is 2.74. The summed E-state index contributed by atoms with van der Waals surface area (Å²) >= 11 is 0. The lowest BCUT2D eigenvalue weighted by atomic mass is 9.39. The maximum Gasteiger partial charge on any atom is 0.409 e. The van der Waals surface area contributed by atoms with Crippen LogP contribution in [0.15, 0.2) is 0 Å². The van der Waals surface area contributed by atoms with Gasteiger partial charge in [-0.05, 0) is 94.3 Å². The van der Waals surface area contributed by atoms with E-state index in [4.69, 9.17) is 4.74 Å². The molecular formula is C22H37NO3. The third-order valence-corrected chi connectivity index (χ3v) is 9.37. The molecule has 0 aromatic rings. The van der Waals surface area contributed by atoms with Gasteiger partial charge in [-0.3, -0.25) is 0 Å². The molecule has 0 heterocycles. The molecule has 4 rings (SSSR count). The van der Waals surface area contributed by atoms with Crippen LogP contribution in [0.4, 0.5) is 4.79 Å². The first-order valence-electron chi connectivity index (χ1n) is 10.7. The van der Waals surface area contributed by atoms with Crippen LogP contribution in [0, 0.1) is 28.6 Å². The summed E-state index contributed by atoms with van der Waals surface area (Å²) in [5, 5.41) is 11.0. The van der Waals surface area contributed by atoms with Gasteiger partial charge >= 0.3 is 6.09 Å². The summed E-state index contributed by atoms with van der Waals surface area (Å²) in [5.41, 5.74) is -0.273. The summed E-state index contributed by atoms with van der Waals surface area (Å²) in [6, 6.07) is 0. The Hall–Kier alpha value is -0.770. The van der Waals surface area contributed by atoms with Gasteiger partial charge in [-0.25, -0.2) is 4.79 Å². The van der Waals surface area contributed by atoms with Gasteiger partial charge in [-0.15, -0.1) is 0 Å². The first-order chi connectivity index (χ1) is 12.0. The molecule has 0 aromatic carbocycles. The molecule has 1 N–H and O–H groups in total. The van der Waals surface area contributed by atoms with Gasteiger partial charge in [0.25, 0.3) is 0 Å². The number of nitrogens with zero attached hydrogens (tertiary/aromatic N) is 1. The maximum absolute atomic E-state index is 12.4. The Balaban J connectivity index is 1.69. The fourth-order valence-electron chi connectivity index (χ4n) is 8.03. The van der Waals surface area contributed by atoms with Crippen LogP contribution in [0.2, 0.25) is 0 Å². The first kappa shape index (κ1) is 18.6. The standard InChI is InChI=1S/C22H37NO3/c1-19-10-6-11-21(3,26-18(24)23(4)5)17(19)8-7-16-13-20(2,25)15-9-12-22(16,19)14-15/h15-17,25H,6-14H2,1-5H3/t15-,16+,17-,19+,20-,21-,22-/m1/s1. The van der Waals surface area contributed by atoms with Crippen LogP contribution in [0.1, 0.15) is 78.6 Å². The molecule has 0 aromatic heterocycles. The second-order valence-electron chi connectivity index (χ2n) is 10.8. The van der Waals surface area contributed by atoms with E-state index >= 15 is 0 Å². The highest BCUT2D eigenvalue weighted by atomic mass is 16.6. The molecule has 1 amide bonds. The van der Waals surface area contributed by atoms with E-state index in [1.165, 1.54) is 32.1 Å². The van der Waals surface area contributed by atoms with Gasteiger partial charge in [0.15, 0.2) is 0 Å². The van der Waals surface area contributed by atoms with Crippen LogP contribution in [0.25, 0.3) is 0 Å². The van der Waals surface area contributed by atoms with Crippen molar-refractivity contribution < 1.29 is 14.6 Å². The fourth-order valence-corrected chi connectivity index (χ4v) is 8.03. The van der Waals surface area contributed by atoms with Crippen LogP contribution in [0.3, 0.4) is 0 Å². The normalized spacial score (nSPS) is 52.8. The Morgan fingerprint density at radius 2 is 1.73 bits per heavy atom. The minimum Gasteiger partial charge on any atom is -0.443 e. The van der Waals surface area contributed by atoms with Gasteiger partial charge in [-0.2, -0.15) is 0 Å². The average molecular weight is 364 g/mol.